The zero-order valence-electron chi connectivity index (χ0n) is 14.7. The second-order valence-corrected chi connectivity index (χ2v) is 6.91. The minimum absolute atomic E-state index is 0.0540. The van der Waals surface area contributed by atoms with Crippen molar-refractivity contribution in [1.29, 1.82) is 0 Å². The van der Waals surface area contributed by atoms with Crippen molar-refractivity contribution < 1.29 is 4.74 Å². The molecule has 1 aliphatic rings. The van der Waals surface area contributed by atoms with Crippen LogP contribution in [0, 0.1) is 0 Å². The van der Waals surface area contributed by atoms with Crippen molar-refractivity contribution in [3.8, 4) is 5.75 Å². The van der Waals surface area contributed by atoms with Gasteiger partial charge in [0.2, 0.25) is 0 Å². The van der Waals surface area contributed by atoms with Crippen molar-refractivity contribution in [2.45, 2.75) is 37.8 Å². The largest absolute Gasteiger partial charge is 0.497 e. The molecule has 4 rings (SSSR count). The maximum Gasteiger partial charge on any atom is 0.119 e. The van der Waals surface area contributed by atoms with Gasteiger partial charge in [0.25, 0.3) is 0 Å². The molecule has 3 heteroatoms. The molecule has 3 nitrogen and oxygen atoms in total. The molecule has 1 aromatic heterocycles. The van der Waals surface area contributed by atoms with Crippen molar-refractivity contribution in [3.63, 3.8) is 0 Å². The lowest BCUT2D eigenvalue weighted by atomic mass is 9.87. The van der Waals surface area contributed by atoms with E-state index in [0.29, 0.717) is 0 Å². The van der Waals surface area contributed by atoms with Crippen molar-refractivity contribution in [1.82, 2.24) is 10.3 Å². The molecule has 2 aromatic carbocycles. The fourth-order valence-corrected chi connectivity index (χ4v) is 3.97. The number of nitrogens with zero attached hydrogens (tertiary/aromatic N) is 1. The normalized spacial score (nSPS) is 16.2. The van der Waals surface area contributed by atoms with Crippen LogP contribution in [0.3, 0.4) is 0 Å². The van der Waals surface area contributed by atoms with Gasteiger partial charge in [0.1, 0.15) is 5.75 Å². The van der Waals surface area contributed by atoms with Gasteiger partial charge in [-0.1, -0.05) is 37.1 Å². The van der Waals surface area contributed by atoms with E-state index in [0.717, 1.165) is 17.8 Å². The van der Waals surface area contributed by atoms with E-state index in [9.17, 15) is 0 Å². The van der Waals surface area contributed by atoms with Crippen molar-refractivity contribution >= 4 is 10.9 Å². The first-order chi connectivity index (χ1) is 12.3. The lowest BCUT2D eigenvalue weighted by Crippen LogP contribution is -2.39. The molecule has 1 heterocycles. The Morgan fingerprint density at radius 2 is 1.92 bits per heavy atom. The summed E-state index contributed by atoms with van der Waals surface area (Å²) in [5.41, 5.74) is 3.74. The minimum atomic E-state index is 0.0540. The maximum atomic E-state index is 5.44. The maximum absolute atomic E-state index is 5.44. The SMILES string of the molecule is COc1cccc(C2(NCc3ccc4ncccc4c3)CCCC2)c1. The Labute approximate surface area is 149 Å². The molecule has 0 bridgehead atoms. The fraction of sp³-hybridized carbons (Fsp3) is 0.318. The van der Waals surface area contributed by atoms with Gasteiger partial charge in [0.05, 0.1) is 12.6 Å². The van der Waals surface area contributed by atoms with Gasteiger partial charge in [0.15, 0.2) is 0 Å². The number of ether oxygens (including phenoxy) is 1. The Kier molecular flexibility index (Phi) is 4.41. The molecule has 0 radical (unpaired) electrons. The summed E-state index contributed by atoms with van der Waals surface area (Å²) in [7, 11) is 1.73. The quantitative estimate of drug-likeness (QED) is 0.728. The summed E-state index contributed by atoms with van der Waals surface area (Å²) in [6.45, 7) is 0.863. The van der Waals surface area contributed by atoms with E-state index in [4.69, 9.17) is 4.74 Å². The number of fused-ring (bicyclic) bond motifs is 1. The predicted molar refractivity (Wildman–Crippen MR) is 102 cm³/mol. The number of aromatic nitrogens is 1. The number of benzene rings is 2. The van der Waals surface area contributed by atoms with E-state index < -0.39 is 0 Å². The molecule has 0 aliphatic heterocycles. The summed E-state index contributed by atoms with van der Waals surface area (Å²) < 4.78 is 5.44. The van der Waals surface area contributed by atoms with Crippen LogP contribution >= 0.6 is 0 Å². The Hall–Kier alpha value is -2.39. The van der Waals surface area contributed by atoms with Gasteiger partial charge in [-0.25, -0.2) is 0 Å². The number of pyridine rings is 1. The Balaban J connectivity index is 1.59. The molecular weight excluding hydrogens is 308 g/mol. The molecule has 1 N–H and O–H groups in total. The Bertz CT molecular complexity index is 869. The van der Waals surface area contributed by atoms with Gasteiger partial charge in [-0.3, -0.25) is 4.98 Å². The smallest absolute Gasteiger partial charge is 0.119 e. The monoisotopic (exact) mass is 332 g/mol. The first-order valence-corrected chi connectivity index (χ1v) is 9.02. The highest BCUT2D eigenvalue weighted by Crippen LogP contribution is 2.40. The number of nitrogens with one attached hydrogen (secondary N) is 1. The second kappa shape index (κ2) is 6.85. The number of hydrogen-bond acceptors (Lipinski definition) is 3. The zero-order chi connectivity index (χ0) is 17.1. The molecule has 0 unspecified atom stereocenters. The molecule has 0 saturated heterocycles. The highest BCUT2D eigenvalue weighted by atomic mass is 16.5. The van der Waals surface area contributed by atoms with Crippen LogP contribution in [0.15, 0.2) is 60.8 Å². The minimum Gasteiger partial charge on any atom is -0.497 e. The van der Waals surface area contributed by atoms with E-state index >= 15 is 0 Å². The lowest BCUT2D eigenvalue weighted by Gasteiger charge is -2.31. The topological polar surface area (TPSA) is 34.1 Å². The first-order valence-electron chi connectivity index (χ1n) is 9.02. The first kappa shape index (κ1) is 16.1. The number of methoxy groups -OCH3 is 1. The fourth-order valence-electron chi connectivity index (χ4n) is 3.97. The van der Waals surface area contributed by atoms with Crippen LogP contribution in [-0.2, 0) is 12.1 Å². The molecule has 1 fully saturated rings. The average molecular weight is 332 g/mol. The van der Waals surface area contributed by atoms with Gasteiger partial charge in [-0.15, -0.1) is 0 Å². The van der Waals surface area contributed by atoms with Gasteiger partial charge >= 0.3 is 0 Å². The van der Waals surface area contributed by atoms with Crippen LogP contribution < -0.4 is 10.1 Å². The number of hydrogen-bond donors (Lipinski definition) is 1. The lowest BCUT2D eigenvalue weighted by molar-refractivity contribution is 0.336. The summed E-state index contributed by atoms with van der Waals surface area (Å²) in [6, 6.07) is 19.2. The van der Waals surface area contributed by atoms with E-state index in [2.05, 4.69) is 52.8 Å². The molecule has 1 saturated carbocycles. The van der Waals surface area contributed by atoms with Gasteiger partial charge in [-0.05, 0) is 54.3 Å². The van der Waals surface area contributed by atoms with Crippen LogP contribution in [0.4, 0.5) is 0 Å². The van der Waals surface area contributed by atoms with Crippen molar-refractivity contribution in [2.75, 3.05) is 7.11 Å². The highest BCUT2D eigenvalue weighted by Gasteiger charge is 2.35. The van der Waals surface area contributed by atoms with Crippen molar-refractivity contribution in [3.05, 3.63) is 71.9 Å². The molecule has 3 aromatic rings. The van der Waals surface area contributed by atoms with Gasteiger partial charge < -0.3 is 10.1 Å². The van der Waals surface area contributed by atoms with Gasteiger partial charge in [-0.2, -0.15) is 0 Å². The molecule has 1 aliphatic carbocycles. The molecule has 0 amide bonds. The van der Waals surface area contributed by atoms with Gasteiger partial charge in [0, 0.05) is 23.7 Å². The van der Waals surface area contributed by atoms with E-state index in [1.54, 1.807) is 7.11 Å². The third-order valence-corrected chi connectivity index (χ3v) is 5.38. The summed E-state index contributed by atoms with van der Waals surface area (Å²) in [4.78, 5) is 4.41. The van der Waals surface area contributed by atoms with Crippen LogP contribution in [0.2, 0.25) is 0 Å². The Morgan fingerprint density at radius 3 is 2.76 bits per heavy atom. The Morgan fingerprint density at radius 1 is 1.04 bits per heavy atom. The summed E-state index contributed by atoms with van der Waals surface area (Å²) in [5, 5.41) is 5.07. The molecule has 128 valence electrons. The van der Waals surface area contributed by atoms with E-state index in [-0.39, 0.29) is 5.54 Å². The molecular formula is C22H24N2O. The third-order valence-electron chi connectivity index (χ3n) is 5.38. The van der Waals surface area contributed by atoms with E-state index in [1.807, 2.05) is 18.3 Å². The summed E-state index contributed by atoms with van der Waals surface area (Å²) in [6.07, 6.45) is 6.73. The van der Waals surface area contributed by atoms with Crippen LogP contribution in [-0.4, -0.2) is 12.1 Å². The standard InChI is InChI=1S/C22H24N2O/c1-25-20-8-4-7-19(15-20)22(11-2-3-12-22)24-16-17-9-10-21-18(14-17)6-5-13-23-21/h4-10,13-15,24H,2-3,11-12,16H2,1H3. The van der Waals surface area contributed by atoms with E-state index in [1.165, 1.54) is 42.2 Å². The van der Waals surface area contributed by atoms with Crippen LogP contribution in [0.25, 0.3) is 10.9 Å². The molecule has 0 atom stereocenters. The second-order valence-electron chi connectivity index (χ2n) is 6.91. The molecule has 25 heavy (non-hydrogen) atoms. The molecule has 0 spiro atoms. The van der Waals surface area contributed by atoms with Crippen LogP contribution in [0.5, 0.6) is 5.75 Å². The summed E-state index contributed by atoms with van der Waals surface area (Å²) in [5.74, 6) is 0.933. The highest BCUT2D eigenvalue weighted by molar-refractivity contribution is 5.78. The zero-order valence-corrected chi connectivity index (χ0v) is 14.7. The third kappa shape index (κ3) is 3.24. The summed E-state index contributed by atoms with van der Waals surface area (Å²) >= 11 is 0. The van der Waals surface area contributed by atoms with Crippen LogP contribution in [0.1, 0.15) is 36.8 Å². The predicted octanol–water partition coefficient (Wildman–Crippen LogP) is 4.80. The average Bonchev–Trinajstić information content (AvgIpc) is 3.16. The number of rotatable bonds is 5. The van der Waals surface area contributed by atoms with Crippen molar-refractivity contribution in [2.24, 2.45) is 0 Å².